The lowest BCUT2D eigenvalue weighted by Crippen LogP contribution is -2.04. The average Bonchev–Trinajstić information content (AvgIpc) is 2.79. The van der Waals surface area contributed by atoms with Crippen molar-refractivity contribution in [3.8, 4) is 11.3 Å². The number of carbonyl (C=O) groups excluding carboxylic acids is 1. The highest BCUT2D eigenvalue weighted by molar-refractivity contribution is 5.97. The lowest BCUT2D eigenvalue weighted by atomic mass is 10.1. The molecule has 0 aliphatic heterocycles. The zero-order chi connectivity index (χ0) is 14.0. The summed E-state index contributed by atoms with van der Waals surface area (Å²) in [6.07, 6.45) is 0. The second-order valence-corrected chi connectivity index (χ2v) is 3.74. The fourth-order valence-electron chi connectivity index (χ4n) is 1.72. The first kappa shape index (κ1) is 12.7. The van der Waals surface area contributed by atoms with E-state index >= 15 is 0 Å². The third kappa shape index (κ3) is 2.17. The molecule has 0 saturated carbocycles. The second kappa shape index (κ2) is 4.89. The van der Waals surface area contributed by atoms with Gasteiger partial charge in [-0.3, -0.25) is 10.1 Å². The number of benzene rings is 1. The van der Waals surface area contributed by atoms with Gasteiger partial charge in [-0.15, -0.1) is 0 Å². The third-order valence-electron chi connectivity index (χ3n) is 2.60. The van der Waals surface area contributed by atoms with Crippen LogP contribution in [0.3, 0.4) is 0 Å². The van der Waals surface area contributed by atoms with Crippen molar-refractivity contribution in [2.75, 3.05) is 7.11 Å². The summed E-state index contributed by atoms with van der Waals surface area (Å²) in [5.74, 6) is -0.608. The van der Waals surface area contributed by atoms with Gasteiger partial charge in [0.2, 0.25) is 0 Å². The van der Waals surface area contributed by atoms with E-state index in [-0.39, 0.29) is 22.6 Å². The summed E-state index contributed by atoms with van der Waals surface area (Å²) in [5, 5.41) is 14.6. The third-order valence-corrected chi connectivity index (χ3v) is 2.60. The van der Waals surface area contributed by atoms with Gasteiger partial charge in [-0.25, -0.2) is 4.79 Å². The smallest absolute Gasteiger partial charge is 0.343 e. The van der Waals surface area contributed by atoms with Crippen LogP contribution in [0.25, 0.3) is 11.3 Å². The van der Waals surface area contributed by atoms with Crippen molar-refractivity contribution in [2.45, 2.75) is 6.92 Å². The zero-order valence-corrected chi connectivity index (χ0v) is 10.2. The Bertz CT molecular complexity index is 647. The zero-order valence-electron chi connectivity index (χ0n) is 10.2. The molecular formula is C12H10N2O5. The summed E-state index contributed by atoms with van der Waals surface area (Å²) in [6.45, 7) is 1.56. The van der Waals surface area contributed by atoms with E-state index in [0.29, 0.717) is 5.69 Å². The number of hydrogen-bond donors (Lipinski definition) is 0. The van der Waals surface area contributed by atoms with Crippen molar-refractivity contribution < 1.29 is 19.0 Å². The number of rotatable bonds is 3. The van der Waals surface area contributed by atoms with Gasteiger partial charge in [-0.1, -0.05) is 17.3 Å². The van der Waals surface area contributed by atoms with Crippen molar-refractivity contribution in [1.82, 2.24) is 5.16 Å². The number of esters is 1. The molecule has 98 valence electrons. The van der Waals surface area contributed by atoms with Gasteiger partial charge >= 0.3 is 5.97 Å². The Kier molecular flexibility index (Phi) is 3.28. The van der Waals surface area contributed by atoms with E-state index in [4.69, 9.17) is 4.52 Å². The molecule has 0 N–H and O–H groups in total. The maximum Gasteiger partial charge on any atom is 0.343 e. The van der Waals surface area contributed by atoms with Crippen LogP contribution in [-0.2, 0) is 4.74 Å². The quantitative estimate of drug-likeness (QED) is 0.478. The van der Waals surface area contributed by atoms with Crippen LogP contribution in [0.15, 0.2) is 28.8 Å². The number of para-hydroxylation sites is 1. The largest absolute Gasteiger partial charge is 0.465 e. The van der Waals surface area contributed by atoms with E-state index in [1.807, 2.05) is 0 Å². The van der Waals surface area contributed by atoms with Crippen LogP contribution in [0.1, 0.15) is 16.1 Å². The minimum atomic E-state index is -0.646. The molecule has 1 aromatic heterocycles. The summed E-state index contributed by atoms with van der Waals surface area (Å²) >= 11 is 0. The topological polar surface area (TPSA) is 95.5 Å². The minimum absolute atomic E-state index is 0.0386. The van der Waals surface area contributed by atoms with E-state index in [1.54, 1.807) is 13.0 Å². The average molecular weight is 262 g/mol. The molecule has 0 radical (unpaired) electrons. The lowest BCUT2D eigenvalue weighted by molar-refractivity contribution is -0.384. The fraction of sp³-hybridized carbons (Fsp3) is 0.167. The van der Waals surface area contributed by atoms with Crippen molar-refractivity contribution in [3.63, 3.8) is 0 Å². The van der Waals surface area contributed by atoms with Crippen LogP contribution >= 0.6 is 0 Å². The number of aryl methyl sites for hydroxylation is 1. The van der Waals surface area contributed by atoms with Crippen LogP contribution in [0.5, 0.6) is 0 Å². The number of ether oxygens (including phenoxy) is 1. The van der Waals surface area contributed by atoms with Gasteiger partial charge < -0.3 is 9.26 Å². The molecule has 2 rings (SSSR count). The Labute approximate surface area is 107 Å². The van der Waals surface area contributed by atoms with Gasteiger partial charge in [0.1, 0.15) is 5.56 Å². The molecule has 19 heavy (non-hydrogen) atoms. The molecule has 0 atom stereocenters. The summed E-state index contributed by atoms with van der Waals surface area (Å²) in [7, 11) is 1.22. The molecule has 2 aromatic rings. The number of nitrogens with zero attached hydrogens (tertiary/aromatic N) is 2. The van der Waals surface area contributed by atoms with Crippen LogP contribution in [0, 0.1) is 17.0 Å². The van der Waals surface area contributed by atoms with Crippen molar-refractivity contribution >= 4 is 11.7 Å². The number of carbonyl (C=O) groups is 1. The van der Waals surface area contributed by atoms with Crippen LogP contribution in [0.4, 0.5) is 5.69 Å². The van der Waals surface area contributed by atoms with Crippen molar-refractivity contribution in [3.05, 3.63) is 45.6 Å². The van der Waals surface area contributed by atoms with E-state index in [0.717, 1.165) is 0 Å². The summed E-state index contributed by atoms with van der Waals surface area (Å²) in [5.41, 5.74) is 0.439. The normalized spacial score (nSPS) is 10.2. The first-order valence-electron chi connectivity index (χ1n) is 5.34. The highest BCUT2D eigenvalue weighted by atomic mass is 16.6. The Hall–Kier alpha value is -2.70. The molecule has 0 fully saturated rings. The number of hydrogen-bond acceptors (Lipinski definition) is 6. The molecule has 0 aliphatic rings. The summed E-state index contributed by atoms with van der Waals surface area (Å²) < 4.78 is 9.67. The van der Waals surface area contributed by atoms with Gasteiger partial charge in [0, 0.05) is 6.07 Å². The molecular weight excluding hydrogens is 252 g/mol. The standard InChI is InChI=1S/C12H10N2O5/c1-7-10(12(15)18-2)11(19-13-7)8-5-3-4-6-9(8)14(16)17/h3-6H,1-2H3. The number of nitro groups is 1. The number of nitro benzene ring substituents is 1. The van der Waals surface area contributed by atoms with Crippen molar-refractivity contribution in [2.24, 2.45) is 0 Å². The molecule has 0 aliphatic carbocycles. The van der Waals surface area contributed by atoms with E-state index < -0.39 is 10.9 Å². The Morgan fingerprint density at radius 3 is 2.74 bits per heavy atom. The van der Waals surface area contributed by atoms with Gasteiger partial charge in [0.25, 0.3) is 5.69 Å². The van der Waals surface area contributed by atoms with Crippen LogP contribution < -0.4 is 0 Å². The van der Waals surface area contributed by atoms with E-state index in [2.05, 4.69) is 9.89 Å². The van der Waals surface area contributed by atoms with Crippen molar-refractivity contribution in [1.29, 1.82) is 0 Å². The lowest BCUT2D eigenvalue weighted by Gasteiger charge is -2.01. The summed E-state index contributed by atoms with van der Waals surface area (Å²) in [4.78, 5) is 22.1. The molecule has 7 heteroatoms. The predicted octanol–water partition coefficient (Wildman–Crippen LogP) is 2.34. The molecule has 0 unspecified atom stereocenters. The van der Waals surface area contributed by atoms with Crippen LogP contribution in [0.2, 0.25) is 0 Å². The first-order chi connectivity index (χ1) is 9.06. The second-order valence-electron chi connectivity index (χ2n) is 3.74. The SMILES string of the molecule is COC(=O)c1c(C)noc1-c1ccccc1[N+](=O)[O-]. The molecule has 7 nitrogen and oxygen atoms in total. The van der Waals surface area contributed by atoms with E-state index in [9.17, 15) is 14.9 Å². The van der Waals surface area contributed by atoms with Gasteiger partial charge in [0.15, 0.2) is 5.76 Å². The Morgan fingerprint density at radius 2 is 2.11 bits per heavy atom. The van der Waals surface area contributed by atoms with Crippen LogP contribution in [-0.4, -0.2) is 23.2 Å². The highest BCUT2D eigenvalue weighted by Crippen LogP contribution is 2.33. The Morgan fingerprint density at radius 1 is 1.42 bits per heavy atom. The number of aromatic nitrogens is 1. The minimum Gasteiger partial charge on any atom is -0.465 e. The van der Waals surface area contributed by atoms with Gasteiger partial charge in [-0.05, 0) is 13.0 Å². The molecule has 0 bridgehead atoms. The van der Waals surface area contributed by atoms with Gasteiger partial charge in [0.05, 0.1) is 23.3 Å². The van der Waals surface area contributed by atoms with Gasteiger partial charge in [-0.2, -0.15) is 0 Å². The summed E-state index contributed by atoms with van der Waals surface area (Å²) in [6, 6.07) is 5.96. The molecule has 0 spiro atoms. The Balaban J connectivity index is 2.67. The maximum absolute atomic E-state index is 11.7. The monoisotopic (exact) mass is 262 g/mol. The first-order valence-corrected chi connectivity index (χ1v) is 5.34. The highest BCUT2D eigenvalue weighted by Gasteiger charge is 2.27. The van der Waals surface area contributed by atoms with E-state index in [1.165, 1.54) is 25.3 Å². The molecule has 1 heterocycles. The number of methoxy groups -OCH3 is 1. The fourth-order valence-corrected chi connectivity index (χ4v) is 1.72. The maximum atomic E-state index is 11.7. The molecule has 0 amide bonds. The molecule has 0 saturated heterocycles. The predicted molar refractivity (Wildman–Crippen MR) is 64.7 cm³/mol. The molecule has 1 aromatic carbocycles.